The highest BCUT2D eigenvalue weighted by molar-refractivity contribution is 7.89. The average molecular weight is 376 g/mol. The number of nitrogens with zero attached hydrogens (tertiary/aromatic N) is 4. The van der Waals surface area contributed by atoms with Crippen LogP contribution in [0.15, 0.2) is 54.1 Å². The molecule has 1 aromatic carbocycles. The lowest BCUT2D eigenvalue weighted by Gasteiger charge is -2.34. The highest BCUT2D eigenvalue weighted by Gasteiger charge is 2.37. The molecule has 0 radical (unpaired) electrons. The van der Waals surface area contributed by atoms with E-state index < -0.39 is 16.1 Å². The molecule has 0 saturated carbocycles. The zero-order valence-corrected chi connectivity index (χ0v) is 14.6. The fourth-order valence-electron chi connectivity index (χ4n) is 2.99. The van der Waals surface area contributed by atoms with Crippen LogP contribution in [0.5, 0.6) is 0 Å². The van der Waals surface area contributed by atoms with Crippen LogP contribution in [-0.4, -0.2) is 32.9 Å². The number of aromatic nitrogens is 4. The van der Waals surface area contributed by atoms with E-state index >= 15 is 0 Å². The van der Waals surface area contributed by atoms with Gasteiger partial charge in [-0.15, -0.1) is 0 Å². The van der Waals surface area contributed by atoms with E-state index in [1.165, 1.54) is 22.8 Å². The Morgan fingerprint density at radius 2 is 1.84 bits per heavy atom. The van der Waals surface area contributed by atoms with E-state index in [9.17, 15) is 8.42 Å². The van der Waals surface area contributed by atoms with Gasteiger partial charge < -0.3 is 0 Å². The summed E-state index contributed by atoms with van der Waals surface area (Å²) in [7, 11) is -3.72. The number of hydrogen-bond donors (Lipinski definition) is 1. The van der Waals surface area contributed by atoms with Crippen LogP contribution in [0.2, 0.25) is 5.02 Å². The van der Waals surface area contributed by atoms with Gasteiger partial charge in [0, 0.05) is 47.2 Å². The number of H-pyrrole nitrogens is 1. The molecule has 0 fully saturated rings. The van der Waals surface area contributed by atoms with Crippen molar-refractivity contribution in [3.63, 3.8) is 0 Å². The van der Waals surface area contributed by atoms with Crippen LogP contribution < -0.4 is 0 Å². The van der Waals surface area contributed by atoms with Crippen LogP contribution in [-0.2, 0) is 23.0 Å². The van der Waals surface area contributed by atoms with Crippen LogP contribution in [0.3, 0.4) is 0 Å². The van der Waals surface area contributed by atoms with Gasteiger partial charge in [-0.25, -0.2) is 18.4 Å². The van der Waals surface area contributed by atoms with Gasteiger partial charge in [0.2, 0.25) is 10.0 Å². The lowest BCUT2D eigenvalue weighted by molar-refractivity contribution is 0.293. The molecule has 1 aliphatic heterocycles. The monoisotopic (exact) mass is 375 g/mol. The van der Waals surface area contributed by atoms with Gasteiger partial charge in [-0.3, -0.25) is 5.10 Å². The van der Waals surface area contributed by atoms with E-state index in [1.807, 2.05) is 0 Å². The standard InChI is InChI=1S/C16H14ClN5O2S/c17-13-1-3-14(4-2-13)25(23,24)22-9-12-8-20-21-15(12)5-16(22)11-6-18-10-19-7-11/h1-4,6-8,10,16H,5,9H2,(H,20,21)/t16-/m1/s1. The molecule has 7 nitrogen and oxygen atoms in total. The summed E-state index contributed by atoms with van der Waals surface area (Å²) in [6.07, 6.45) is 6.85. The average Bonchev–Trinajstić information content (AvgIpc) is 3.09. The summed E-state index contributed by atoms with van der Waals surface area (Å²) in [6, 6.07) is 5.77. The van der Waals surface area contributed by atoms with Crippen molar-refractivity contribution in [2.45, 2.75) is 23.9 Å². The van der Waals surface area contributed by atoms with Gasteiger partial charge in [0.05, 0.1) is 17.1 Å². The van der Waals surface area contributed by atoms with Crippen molar-refractivity contribution >= 4 is 21.6 Å². The number of aromatic amines is 1. The second-order valence-corrected chi connectivity index (χ2v) is 8.10. The van der Waals surface area contributed by atoms with Gasteiger partial charge in [0.25, 0.3) is 0 Å². The molecule has 1 aliphatic rings. The molecule has 128 valence electrons. The van der Waals surface area contributed by atoms with E-state index in [0.717, 1.165) is 16.8 Å². The van der Waals surface area contributed by atoms with Crippen LogP contribution in [0.25, 0.3) is 0 Å². The Balaban J connectivity index is 1.80. The summed E-state index contributed by atoms with van der Waals surface area (Å²) >= 11 is 5.89. The summed E-state index contributed by atoms with van der Waals surface area (Å²) in [5.74, 6) is 0. The fourth-order valence-corrected chi connectivity index (χ4v) is 4.70. The van der Waals surface area contributed by atoms with Gasteiger partial charge in [0.1, 0.15) is 6.33 Å². The third kappa shape index (κ3) is 2.92. The lowest BCUT2D eigenvalue weighted by atomic mass is 9.99. The molecule has 9 heteroatoms. The Kier molecular flexibility index (Phi) is 4.03. The topological polar surface area (TPSA) is 91.8 Å². The first-order chi connectivity index (χ1) is 12.1. The highest BCUT2D eigenvalue weighted by Crippen LogP contribution is 2.36. The number of sulfonamides is 1. The number of rotatable bonds is 3. The minimum Gasteiger partial charge on any atom is -0.282 e. The normalized spacial score (nSPS) is 18.0. The van der Waals surface area contributed by atoms with E-state index in [4.69, 9.17) is 11.6 Å². The molecule has 3 aromatic rings. The van der Waals surface area contributed by atoms with E-state index in [1.54, 1.807) is 30.7 Å². The van der Waals surface area contributed by atoms with Crippen LogP contribution in [0, 0.1) is 0 Å². The second-order valence-electron chi connectivity index (χ2n) is 5.77. The molecule has 0 amide bonds. The number of hydrogen-bond acceptors (Lipinski definition) is 5. The molecule has 0 unspecified atom stereocenters. The molecule has 1 N–H and O–H groups in total. The maximum Gasteiger partial charge on any atom is 0.243 e. The Morgan fingerprint density at radius 3 is 2.56 bits per heavy atom. The minimum absolute atomic E-state index is 0.200. The van der Waals surface area contributed by atoms with E-state index in [2.05, 4.69) is 20.2 Å². The van der Waals surface area contributed by atoms with Gasteiger partial charge >= 0.3 is 0 Å². The van der Waals surface area contributed by atoms with Gasteiger partial charge in [-0.1, -0.05) is 11.6 Å². The first kappa shape index (κ1) is 16.2. The molecule has 3 heterocycles. The van der Waals surface area contributed by atoms with Crippen molar-refractivity contribution in [2.75, 3.05) is 0 Å². The zero-order chi connectivity index (χ0) is 17.4. The van der Waals surface area contributed by atoms with Crippen molar-refractivity contribution in [2.24, 2.45) is 0 Å². The quantitative estimate of drug-likeness (QED) is 0.758. The Hall–Kier alpha value is -2.29. The van der Waals surface area contributed by atoms with E-state index in [-0.39, 0.29) is 11.4 Å². The first-order valence-corrected chi connectivity index (χ1v) is 9.41. The molecule has 2 aromatic heterocycles. The number of fused-ring (bicyclic) bond motifs is 1. The van der Waals surface area contributed by atoms with Gasteiger partial charge in [-0.05, 0) is 24.3 Å². The largest absolute Gasteiger partial charge is 0.282 e. The summed E-state index contributed by atoms with van der Waals surface area (Å²) < 4.78 is 27.9. The zero-order valence-electron chi connectivity index (χ0n) is 13.0. The second kappa shape index (κ2) is 6.21. The molecule has 0 aliphatic carbocycles. The van der Waals surface area contributed by atoms with Crippen molar-refractivity contribution < 1.29 is 8.42 Å². The summed E-state index contributed by atoms with van der Waals surface area (Å²) in [4.78, 5) is 8.26. The predicted octanol–water partition coefficient (Wildman–Crippen LogP) is 2.34. The molecular formula is C16H14ClN5O2S. The molecule has 0 saturated heterocycles. The Bertz CT molecular complexity index is 989. The highest BCUT2D eigenvalue weighted by atomic mass is 35.5. The summed E-state index contributed by atoms with van der Waals surface area (Å²) in [5.41, 5.74) is 2.53. The fraction of sp³-hybridized carbons (Fsp3) is 0.188. The molecule has 25 heavy (non-hydrogen) atoms. The minimum atomic E-state index is -3.72. The van der Waals surface area contributed by atoms with Crippen LogP contribution in [0.1, 0.15) is 22.9 Å². The third-order valence-electron chi connectivity index (χ3n) is 4.26. The number of nitrogens with one attached hydrogen (secondary N) is 1. The predicted molar refractivity (Wildman–Crippen MR) is 91.2 cm³/mol. The maximum atomic E-state index is 13.2. The van der Waals surface area contributed by atoms with Crippen molar-refractivity contribution in [3.05, 3.63) is 71.0 Å². The summed E-state index contributed by atoms with van der Waals surface area (Å²) in [6.45, 7) is 0.232. The Morgan fingerprint density at radius 1 is 1.12 bits per heavy atom. The summed E-state index contributed by atoms with van der Waals surface area (Å²) in [5, 5.41) is 7.47. The van der Waals surface area contributed by atoms with Gasteiger partial charge in [-0.2, -0.15) is 9.40 Å². The number of halogens is 1. The number of benzene rings is 1. The van der Waals surface area contributed by atoms with Crippen molar-refractivity contribution in [1.29, 1.82) is 0 Å². The lowest BCUT2D eigenvalue weighted by Crippen LogP contribution is -2.38. The van der Waals surface area contributed by atoms with Crippen molar-refractivity contribution in [1.82, 2.24) is 24.5 Å². The molecule has 4 rings (SSSR count). The molecule has 0 spiro atoms. The first-order valence-electron chi connectivity index (χ1n) is 7.59. The third-order valence-corrected chi connectivity index (χ3v) is 6.39. The van der Waals surface area contributed by atoms with Gasteiger partial charge in [0.15, 0.2) is 0 Å². The Labute approximate surface area is 149 Å². The van der Waals surface area contributed by atoms with Crippen LogP contribution >= 0.6 is 11.6 Å². The smallest absolute Gasteiger partial charge is 0.243 e. The van der Waals surface area contributed by atoms with Crippen molar-refractivity contribution in [3.8, 4) is 0 Å². The maximum absolute atomic E-state index is 13.2. The van der Waals surface area contributed by atoms with E-state index in [0.29, 0.717) is 11.4 Å². The van der Waals surface area contributed by atoms with Crippen LogP contribution in [0.4, 0.5) is 0 Å². The SMILES string of the molecule is O=S(=O)(c1ccc(Cl)cc1)N1Cc2cn[nH]c2C[C@@H]1c1cncnc1. The molecule has 0 bridgehead atoms. The molecular weight excluding hydrogens is 362 g/mol. The molecule has 1 atom stereocenters.